The number of hydrogen-bond donors (Lipinski definition) is 1. The van der Waals surface area contributed by atoms with Crippen molar-refractivity contribution in [2.24, 2.45) is 0 Å². The van der Waals surface area contributed by atoms with Gasteiger partial charge >= 0.3 is 0 Å². The second-order valence-electron chi connectivity index (χ2n) is 4.76. The van der Waals surface area contributed by atoms with Crippen molar-refractivity contribution in [1.82, 2.24) is 9.78 Å². The molecular formula is C14H19N3O3S. The van der Waals surface area contributed by atoms with Crippen LogP contribution in [0.4, 0.5) is 5.69 Å². The van der Waals surface area contributed by atoms with Gasteiger partial charge in [0.15, 0.2) is 9.84 Å². The lowest BCUT2D eigenvalue weighted by Gasteiger charge is -2.11. The highest BCUT2D eigenvalue weighted by molar-refractivity contribution is 7.90. The fraction of sp³-hybridized carbons (Fsp3) is 0.357. The van der Waals surface area contributed by atoms with Gasteiger partial charge in [-0.25, -0.2) is 8.42 Å². The van der Waals surface area contributed by atoms with Gasteiger partial charge in [-0.15, -0.1) is 0 Å². The highest BCUT2D eigenvalue weighted by Crippen LogP contribution is 2.28. The van der Waals surface area contributed by atoms with E-state index in [0.717, 1.165) is 5.69 Å². The Balaban J connectivity index is 2.43. The van der Waals surface area contributed by atoms with Gasteiger partial charge in [-0.3, -0.25) is 4.68 Å². The molecule has 2 rings (SSSR count). The van der Waals surface area contributed by atoms with Crippen LogP contribution in [-0.2, 0) is 22.1 Å². The second-order valence-corrected chi connectivity index (χ2v) is 6.72. The standard InChI is InChI=1S/C14H19N3O3S/c1-4-17-12(7-10(2)16-17)9-21(18,19)14-6-5-11(15)8-13(14)20-3/h5-8H,4,9,15H2,1-3H3. The van der Waals surface area contributed by atoms with Crippen LogP contribution in [0.1, 0.15) is 18.3 Å². The Hall–Kier alpha value is -2.02. The summed E-state index contributed by atoms with van der Waals surface area (Å²) in [7, 11) is -2.11. The van der Waals surface area contributed by atoms with Crippen LogP contribution in [0.3, 0.4) is 0 Å². The van der Waals surface area contributed by atoms with Crippen molar-refractivity contribution >= 4 is 15.5 Å². The molecule has 2 aromatic rings. The molecule has 1 heterocycles. The number of nitrogens with two attached hydrogens (primary N) is 1. The monoisotopic (exact) mass is 309 g/mol. The predicted molar refractivity (Wildman–Crippen MR) is 80.9 cm³/mol. The van der Waals surface area contributed by atoms with Crippen LogP contribution in [-0.4, -0.2) is 25.3 Å². The molecule has 21 heavy (non-hydrogen) atoms. The number of nitrogen functional groups attached to an aromatic ring is 1. The minimum atomic E-state index is -3.53. The van der Waals surface area contributed by atoms with Gasteiger partial charge in [0.05, 0.1) is 24.3 Å². The fourth-order valence-electron chi connectivity index (χ4n) is 2.20. The van der Waals surface area contributed by atoms with E-state index in [1.54, 1.807) is 16.8 Å². The van der Waals surface area contributed by atoms with E-state index >= 15 is 0 Å². The van der Waals surface area contributed by atoms with E-state index in [-0.39, 0.29) is 16.4 Å². The summed E-state index contributed by atoms with van der Waals surface area (Å²) in [6, 6.07) is 6.32. The number of methoxy groups -OCH3 is 1. The van der Waals surface area contributed by atoms with E-state index in [0.29, 0.717) is 17.9 Å². The molecule has 0 amide bonds. The van der Waals surface area contributed by atoms with Crippen molar-refractivity contribution in [2.45, 2.75) is 31.0 Å². The maximum absolute atomic E-state index is 12.6. The van der Waals surface area contributed by atoms with Crippen molar-refractivity contribution in [3.8, 4) is 5.75 Å². The SMILES string of the molecule is CCn1nc(C)cc1CS(=O)(=O)c1ccc(N)cc1OC. The van der Waals surface area contributed by atoms with Gasteiger partial charge in [-0.2, -0.15) is 5.10 Å². The van der Waals surface area contributed by atoms with E-state index in [2.05, 4.69) is 5.10 Å². The average molecular weight is 309 g/mol. The molecule has 0 spiro atoms. The van der Waals surface area contributed by atoms with E-state index in [1.165, 1.54) is 19.2 Å². The Bertz CT molecular complexity index is 751. The molecule has 7 heteroatoms. The van der Waals surface area contributed by atoms with Crippen LogP contribution in [0.25, 0.3) is 0 Å². The lowest BCUT2D eigenvalue weighted by atomic mass is 10.3. The number of aryl methyl sites for hydroxylation is 2. The van der Waals surface area contributed by atoms with Crippen LogP contribution in [0.2, 0.25) is 0 Å². The third-order valence-electron chi connectivity index (χ3n) is 3.15. The molecule has 0 aliphatic carbocycles. The van der Waals surface area contributed by atoms with Crippen molar-refractivity contribution in [3.63, 3.8) is 0 Å². The van der Waals surface area contributed by atoms with E-state index in [9.17, 15) is 8.42 Å². The zero-order valence-corrected chi connectivity index (χ0v) is 13.1. The first-order valence-corrected chi connectivity index (χ1v) is 8.22. The number of aromatic nitrogens is 2. The Kier molecular flexibility index (Phi) is 4.22. The van der Waals surface area contributed by atoms with Crippen LogP contribution in [0.5, 0.6) is 5.75 Å². The molecule has 0 bridgehead atoms. The number of nitrogens with zero attached hydrogens (tertiary/aromatic N) is 2. The normalized spacial score (nSPS) is 11.6. The predicted octanol–water partition coefficient (Wildman–Crippen LogP) is 1.78. The Morgan fingerprint density at radius 2 is 2.05 bits per heavy atom. The summed E-state index contributed by atoms with van der Waals surface area (Å²) >= 11 is 0. The second kappa shape index (κ2) is 5.77. The van der Waals surface area contributed by atoms with Gasteiger partial charge in [0, 0.05) is 18.3 Å². The number of hydrogen-bond acceptors (Lipinski definition) is 5. The van der Waals surface area contributed by atoms with E-state index in [4.69, 9.17) is 10.5 Å². The first-order valence-electron chi connectivity index (χ1n) is 6.57. The average Bonchev–Trinajstić information content (AvgIpc) is 2.77. The number of sulfone groups is 1. The van der Waals surface area contributed by atoms with Crippen molar-refractivity contribution in [1.29, 1.82) is 0 Å². The number of benzene rings is 1. The molecular weight excluding hydrogens is 290 g/mol. The molecule has 1 aromatic carbocycles. The molecule has 6 nitrogen and oxygen atoms in total. The van der Waals surface area contributed by atoms with Crippen molar-refractivity contribution in [2.75, 3.05) is 12.8 Å². The highest BCUT2D eigenvalue weighted by Gasteiger charge is 2.22. The molecule has 0 radical (unpaired) electrons. The van der Waals surface area contributed by atoms with E-state index < -0.39 is 9.84 Å². The molecule has 1 aromatic heterocycles. The summed E-state index contributed by atoms with van der Waals surface area (Å²) in [5.74, 6) is 0.136. The maximum atomic E-state index is 12.6. The van der Waals surface area contributed by atoms with Crippen LogP contribution < -0.4 is 10.5 Å². The van der Waals surface area contributed by atoms with Crippen molar-refractivity contribution in [3.05, 3.63) is 35.7 Å². The zero-order chi connectivity index (χ0) is 15.6. The molecule has 0 saturated heterocycles. The first-order chi connectivity index (χ1) is 9.87. The van der Waals surface area contributed by atoms with Gasteiger partial charge in [-0.05, 0) is 32.0 Å². The molecule has 0 fully saturated rings. The topological polar surface area (TPSA) is 87.2 Å². The summed E-state index contributed by atoms with van der Waals surface area (Å²) in [5.41, 5.74) is 7.58. The van der Waals surface area contributed by atoms with Gasteiger partial charge in [0.1, 0.15) is 10.6 Å². The fourth-order valence-corrected chi connectivity index (χ4v) is 3.70. The van der Waals surface area contributed by atoms with Gasteiger partial charge < -0.3 is 10.5 Å². The van der Waals surface area contributed by atoms with Crippen LogP contribution in [0.15, 0.2) is 29.2 Å². The highest BCUT2D eigenvalue weighted by atomic mass is 32.2. The molecule has 114 valence electrons. The maximum Gasteiger partial charge on any atom is 0.187 e. The lowest BCUT2D eigenvalue weighted by molar-refractivity contribution is 0.403. The Labute approximate surface area is 124 Å². The smallest absolute Gasteiger partial charge is 0.187 e. The summed E-state index contributed by atoms with van der Waals surface area (Å²) < 4.78 is 32.0. The first kappa shape index (κ1) is 15.4. The van der Waals surface area contributed by atoms with Gasteiger partial charge in [-0.1, -0.05) is 0 Å². The third kappa shape index (κ3) is 3.18. The van der Waals surface area contributed by atoms with Crippen LogP contribution in [0, 0.1) is 6.92 Å². The molecule has 0 atom stereocenters. The summed E-state index contributed by atoms with van der Waals surface area (Å²) in [6.07, 6.45) is 0. The number of rotatable bonds is 5. The minimum absolute atomic E-state index is 0.123. The van der Waals surface area contributed by atoms with Gasteiger partial charge in [0.2, 0.25) is 0 Å². The summed E-state index contributed by atoms with van der Waals surface area (Å²) in [6.45, 7) is 4.38. The minimum Gasteiger partial charge on any atom is -0.495 e. The summed E-state index contributed by atoms with van der Waals surface area (Å²) in [5, 5.41) is 4.26. The summed E-state index contributed by atoms with van der Waals surface area (Å²) in [4.78, 5) is 0.140. The third-order valence-corrected chi connectivity index (χ3v) is 4.83. The largest absolute Gasteiger partial charge is 0.495 e. The quantitative estimate of drug-likeness (QED) is 0.851. The zero-order valence-electron chi connectivity index (χ0n) is 12.3. The van der Waals surface area contributed by atoms with Crippen LogP contribution >= 0.6 is 0 Å². The van der Waals surface area contributed by atoms with Crippen molar-refractivity contribution < 1.29 is 13.2 Å². The molecule has 0 aliphatic rings. The van der Waals surface area contributed by atoms with Gasteiger partial charge in [0.25, 0.3) is 0 Å². The number of ether oxygens (including phenoxy) is 1. The molecule has 0 aliphatic heterocycles. The molecule has 0 unspecified atom stereocenters. The Morgan fingerprint density at radius 3 is 2.67 bits per heavy atom. The molecule has 0 saturated carbocycles. The molecule has 2 N–H and O–H groups in total. The number of anilines is 1. The lowest BCUT2D eigenvalue weighted by Crippen LogP contribution is -2.11. The Morgan fingerprint density at radius 1 is 1.33 bits per heavy atom. The van der Waals surface area contributed by atoms with E-state index in [1.807, 2.05) is 13.8 Å².